The molecule has 1 unspecified atom stereocenters. The number of ether oxygens (including phenoxy) is 1. The Balaban J connectivity index is 1.64. The molecule has 0 aromatic heterocycles. The van der Waals surface area contributed by atoms with E-state index < -0.39 is 16.1 Å². The average molecular weight is 437 g/mol. The molecular weight excluding hydrogens is 412 g/mol. The lowest BCUT2D eigenvalue weighted by atomic mass is 9.98. The summed E-state index contributed by atoms with van der Waals surface area (Å²) in [4.78, 5) is 13.3. The van der Waals surface area contributed by atoms with Crippen LogP contribution < -0.4 is 14.4 Å². The summed E-state index contributed by atoms with van der Waals surface area (Å²) in [5.74, 6) is -0.0582. The van der Waals surface area contributed by atoms with Crippen LogP contribution in [0, 0.1) is 0 Å². The molecule has 1 N–H and O–H groups in total. The predicted molar refractivity (Wildman–Crippen MR) is 121 cm³/mol. The standard InChI is InChI=1S/C24H24N2O4S/c1-2-31(28,29)26-17-22(30-21-16-10-9-15-20(21)26)24(27)25-23(18-11-5-3-6-12-18)19-13-7-4-8-14-19/h3-16,22-23H,2,17H2,1H3,(H,25,27). The van der Waals surface area contributed by atoms with Crippen molar-refractivity contribution in [2.75, 3.05) is 16.6 Å². The number of hydrogen-bond acceptors (Lipinski definition) is 4. The number of para-hydroxylation sites is 2. The molecule has 7 heteroatoms. The van der Waals surface area contributed by atoms with Gasteiger partial charge in [-0.2, -0.15) is 0 Å². The van der Waals surface area contributed by atoms with Crippen molar-refractivity contribution >= 4 is 21.6 Å². The topological polar surface area (TPSA) is 75.7 Å². The van der Waals surface area contributed by atoms with Gasteiger partial charge in [-0.25, -0.2) is 8.42 Å². The van der Waals surface area contributed by atoms with Gasteiger partial charge in [-0.05, 0) is 30.2 Å². The number of carbonyl (C=O) groups excluding carboxylic acids is 1. The number of fused-ring (bicyclic) bond motifs is 1. The fourth-order valence-corrected chi connectivity index (χ4v) is 4.77. The molecule has 3 aromatic rings. The zero-order valence-electron chi connectivity index (χ0n) is 17.1. The molecule has 0 saturated carbocycles. The third-order valence-corrected chi connectivity index (χ3v) is 7.03. The van der Waals surface area contributed by atoms with Crippen molar-refractivity contribution in [2.45, 2.75) is 19.1 Å². The van der Waals surface area contributed by atoms with Crippen LogP contribution in [0.15, 0.2) is 84.9 Å². The lowest BCUT2D eigenvalue weighted by Crippen LogP contribution is -2.51. The van der Waals surface area contributed by atoms with Gasteiger partial charge in [-0.3, -0.25) is 9.10 Å². The van der Waals surface area contributed by atoms with Crippen LogP contribution in [0.2, 0.25) is 0 Å². The fraction of sp³-hybridized carbons (Fsp3) is 0.208. The number of anilines is 1. The van der Waals surface area contributed by atoms with E-state index in [-0.39, 0.29) is 24.2 Å². The maximum absolute atomic E-state index is 13.3. The Hall–Kier alpha value is -3.32. The smallest absolute Gasteiger partial charge is 0.263 e. The molecule has 1 aliphatic rings. The molecule has 0 bridgehead atoms. The largest absolute Gasteiger partial charge is 0.476 e. The van der Waals surface area contributed by atoms with Crippen LogP contribution in [0.1, 0.15) is 24.1 Å². The first-order valence-electron chi connectivity index (χ1n) is 10.2. The minimum absolute atomic E-state index is 0.0632. The predicted octanol–water partition coefficient (Wildman–Crippen LogP) is 3.51. The Bertz CT molecular complexity index is 1110. The average Bonchev–Trinajstić information content (AvgIpc) is 2.82. The minimum atomic E-state index is -3.56. The molecule has 6 nitrogen and oxygen atoms in total. The SMILES string of the molecule is CCS(=O)(=O)N1CC(C(=O)NC(c2ccccc2)c2ccccc2)Oc2ccccc21. The third kappa shape index (κ3) is 4.41. The number of sulfonamides is 1. The Morgan fingerprint density at radius 2 is 1.52 bits per heavy atom. The molecule has 4 rings (SSSR count). The molecular formula is C24H24N2O4S. The van der Waals surface area contributed by atoms with Gasteiger partial charge in [-0.1, -0.05) is 72.8 Å². The highest BCUT2D eigenvalue weighted by Crippen LogP contribution is 2.35. The molecule has 0 aliphatic carbocycles. The molecule has 0 saturated heterocycles. The van der Waals surface area contributed by atoms with Gasteiger partial charge < -0.3 is 10.1 Å². The van der Waals surface area contributed by atoms with E-state index in [1.807, 2.05) is 60.7 Å². The van der Waals surface area contributed by atoms with Crippen LogP contribution in [0.5, 0.6) is 5.75 Å². The second-order valence-electron chi connectivity index (χ2n) is 7.27. The zero-order chi connectivity index (χ0) is 21.8. The van der Waals surface area contributed by atoms with Gasteiger partial charge in [0.2, 0.25) is 10.0 Å². The Labute approximate surface area is 182 Å². The van der Waals surface area contributed by atoms with Crippen molar-refractivity contribution in [3.8, 4) is 5.75 Å². The van der Waals surface area contributed by atoms with Crippen LogP contribution in [0.4, 0.5) is 5.69 Å². The molecule has 1 amide bonds. The Morgan fingerprint density at radius 1 is 0.968 bits per heavy atom. The fourth-order valence-electron chi connectivity index (χ4n) is 3.64. The van der Waals surface area contributed by atoms with E-state index in [0.29, 0.717) is 11.4 Å². The molecule has 0 fully saturated rings. The number of amides is 1. The summed E-state index contributed by atoms with van der Waals surface area (Å²) in [6.45, 7) is 1.51. The van der Waals surface area contributed by atoms with E-state index in [0.717, 1.165) is 11.1 Å². The molecule has 31 heavy (non-hydrogen) atoms. The molecule has 0 radical (unpaired) electrons. The van der Waals surface area contributed by atoms with Gasteiger partial charge in [-0.15, -0.1) is 0 Å². The third-order valence-electron chi connectivity index (χ3n) is 5.28. The molecule has 1 heterocycles. The van der Waals surface area contributed by atoms with Crippen molar-refractivity contribution in [2.24, 2.45) is 0 Å². The van der Waals surface area contributed by atoms with E-state index in [1.165, 1.54) is 4.31 Å². The van der Waals surface area contributed by atoms with Crippen LogP contribution in [0.25, 0.3) is 0 Å². The summed E-state index contributed by atoms with van der Waals surface area (Å²) in [6, 6.07) is 25.8. The second kappa shape index (κ2) is 8.81. The normalized spacial score (nSPS) is 15.8. The van der Waals surface area contributed by atoms with Crippen molar-refractivity contribution in [1.29, 1.82) is 0 Å². The van der Waals surface area contributed by atoms with E-state index >= 15 is 0 Å². The Morgan fingerprint density at radius 3 is 2.10 bits per heavy atom. The number of nitrogens with zero attached hydrogens (tertiary/aromatic N) is 1. The minimum Gasteiger partial charge on any atom is -0.476 e. The highest BCUT2D eigenvalue weighted by atomic mass is 32.2. The summed E-state index contributed by atoms with van der Waals surface area (Å²) in [7, 11) is -3.56. The zero-order valence-corrected chi connectivity index (χ0v) is 18.0. The molecule has 0 spiro atoms. The summed E-state index contributed by atoms with van der Waals surface area (Å²) in [5.41, 5.74) is 2.31. The van der Waals surface area contributed by atoms with Gasteiger partial charge in [0.1, 0.15) is 5.75 Å². The van der Waals surface area contributed by atoms with Crippen molar-refractivity contribution in [3.05, 3.63) is 96.1 Å². The van der Waals surface area contributed by atoms with Crippen molar-refractivity contribution < 1.29 is 17.9 Å². The second-order valence-corrected chi connectivity index (χ2v) is 9.45. The summed E-state index contributed by atoms with van der Waals surface area (Å²) >= 11 is 0. The van der Waals surface area contributed by atoms with E-state index in [4.69, 9.17) is 4.74 Å². The monoisotopic (exact) mass is 436 g/mol. The van der Waals surface area contributed by atoms with Gasteiger partial charge in [0, 0.05) is 0 Å². The van der Waals surface area contributed by atoms with Crippen LogP contribution >= 0.6 is 0 Å². The highest BCUT2D eigenvalue weighted by molar-refractivity contribution is 7.92. The summed E-state index contributed by atoms with van der Waals surface area (Å²) in [6.07, 6.45) is -0.967. The maximum atomic E-state index is 13.3. The first-order chi connectivity index (χ1) is 15.0. The number of rotatable bonds is 6. The lowest BCUT2D eigenvalue weighted by molar-refractivity contribution is -0.128. The van der Waals surface area contributed by atoms with Gasteiger partial charge in [0.15, 0.2) is 6.10 Å². The molecule has 160 valence electrons. The highest BCUT2D eigenvalue weighted by Gasteiger charge is 2.36. The molecule has 1 atom stereocenters. The first-order valence-corrected chi connectivity index (χ1v) is 11.8. The van der Waals surface area contributed by atoms with Crippen LogP contribution in [0.3, 0.4) is 0 Å². The van der Waals surface area contributed by atoms with E-state index in [2.05, 4.69) is 5.32 Å². The van der Waals surface area contributed by atoms with Crippen LogP contribution in [-0.4, -0.2) is 32.7 Å². The van der Waals surface area contributed by atoms with Gasteiger partial charge in [0.05, 0.1) is 24.0 Å². The first kappa shape index (κ1) is 20.9. The molecule has 3 aromatic carbocycles. The number of benzene rings is 3. The van der Waals surface area contributed by atoms with Crippen LogP contribution in [-0.2, 0) is 14.8 Å². The quantitative estimate of drug-likeness (QED) is 0.642. The van der Waals surface area contributed by atoms with E-state index in [9.17, 15) is 13.2 Å². The van der Waals surface area contributed by atoms with E-state index in [1.54, 1.807) is 31.2 Å². The summed E-state index contributed by atoms with van der Waals surface area (Å²) < 4.78 is 32.6. The summed E-state index contributed by atoms with van der Waals surface area (Å²) in [5, 5.41) is 3.05. The number of carbonyl (C=O) groups is 1. The number of hydrogen-bond donors (Lipinski definition) is 1. The van der Waals surface area contributed by atoms with Crippen molar-refractivity contribution in [3.63, 3.8) is 0 Å². The van der Waals surface area contributed by atoms with Gasteiger partial charge >= 0.3 is 0 Å². The molecule has 1 aliphatic heterocycles. The number of nitrogens with one attached hydrogen (secondary N) is 1. The lowest BCUT2D eigenvalue weighted by Gasteiger charge is -2.35. The van der Waals surface area contributed by atoms with Crippen molar-refractivity contribution in [1.82, 2.24) is 5.32 Å². The maximum Gasteiger partial charge on any atom is 0.263 e. The van der Waals surface area contributed by atoms with Gasteiger partial charge in [0.25, 0.3) is 5.91 Å². The Kier molecular flexibility index (Phi) is 5.95.